The molecule has 0 N–H and O–H groups in total. The molecule has 0 saturated carbocycles. The van der Waals surface area contributed by atoms with E-state index in [0.717, 1.165) is 0 Å². The maximum absolute atomic E-state index is 11.9. The molecule has 2 atom stereocenters. The minimum Gasteiger partial charge on any atom is -0.212 e. The predicted octanol–water partition coefficient (Wildman–Crippen LogP) is 0.0804. The van der Waals surface area contributed by atoms with Crippen LogP contribution in [-0.2, 0) is 20.0 Å². The Morgan fingerprint density at radius 3 is 1.33 bits per heavy atom. The molecule has 0 radical (unpaired) electrons. The molecule has 2 unspecified atom stereocenters. The summed E-state index contributed by atoms with van der Waals surface area (Å²) in [6.45, 7) is 7.16. The quantitative estimate of drug-likeness (QED) is 0.736. The first-order valence-electron chi connectivity index (χ1n) is 6.14. The SMILES string of the molecule is CCS(=O)(=O)N1CC(C)N(S(=O)(=O)CC)CC1C. The molecule has 8 heteroatoms. The van der Waals surface area contributed by atoms with Crippen molar-refractivity contribution in [1.29, 1.82) is 0 Å². The molecule has 1 heterocycles. The number of hydrogen-bond acceptors (Lipinski definition) is 4. The number of rotatable bonds is 4. The molecule has 1 aliphatic rings. The first kappa shape index (κ1) is 15.9. The van der Waals surface area contributed by atoms with Crippen molar-refractivity contribution in [2.24, 2.45) is 0 Å². The average Bonchev–Trinajstić information content (AvgIpc) is 2.31. The third-order valence-corrected chi connectivity index (χ3v) is 7.22. The molecular formula is C10H22N2O4S2. The normalized spacial score (nSPS) is 28.4. The molecule has 1 aliphatic heterocycles. The molecular weight excluding hydrogens is 276 g/mol. The van der Waals surface area contributed by atoms with Crippen LogP contribution in [0, 0.1) is 0 Å². The highest BCUT2D eigenvalue weighted by Crippen LogP contribution is 2.21. The Morgan fingerprint density at radius 1 is 0.833 bits per heavy atom. The van der Waals surface area contributed by atoms with Crippen molar-refractivity contribution in [3.63, 3.8) is 0 Å². The van der Waals surface area contributed by atoms with Crippen LogP contribution in [0.1, 0.15) is 27.7 Å². The summed E-state index contributed by atoms with van der Waals surface area (Å²) in [5.74, 6) is 0.0924. The van der Waals surface area contributed by atoms with Gasteiger partial charge in [0.05, 0.1) is 11.5 Å². The number of hydrogen-bond donors (Lipinski definition) is 0. The van der Waals surface area contributed by atoms with E-state index >= 15 is 0 Å². The lowest BCUT2D eigenvalue weighted by atomic mass is 10.2. The van der Waals surface area contributed by atoms with E-state index in [1.165, 1.54) is 8.61 Å². The van der Waals surface area contributed by atoms with Crippen molar-refractivity contribution in [3.05, 3.63) is 0 Å². The van der Waals surface area contributed by atoms with E-state index in [-0.39, 0.29) is 36.7 Å². The van der Waals surface area contributed by atoms with Crippen LogP contribution < -0.4 is 0 Å². The lowest BCUT2D eigenvalue weighted by Gasteiger charge is -2.42. The Kier molecular flexibility index (Phi) is 4.80. The summed E-state index contributed by atoms with van der Waals surface area (Å²) in [5.41, 5.74) is 0. The monoisotopic (exact) mass is 298 g/mol. The average molecular weight is 298 g/mol. The maximum Gasteiger partial charge on any atom is 0.214 e. The second-order valence-electron chi connectivity index (χ2n) is 4.64. The summed E-state index contributed by atoms with van der Waals surface area (Å²) in [6, 6.07) is -0.625. The molecule has 0 aromatic heterocycles. The van der Waals surface area contributed by atoms with Gasteiger partial charge in [0.1, 0.15) is 0 Å². The van der Waals surface area contributed by atoms with Crippen molar-refractivity contribution in [3.8, 4) is 0 Å². The highest BCUT2D eigenvalue weighted by Gasteiger charge is 2.39. The Morgan fingerprint density at radius 2 is 1.11 bits per heavy atom. The van der Waals surface area contributed by atoms with Gasteiger partial charge >= 0.3 is 0 Å². The molecule has 18 heavy (non-hydrogen) atoms. The Balaban J connectivity index is 2.97. The summed E-state index contributed by atoms with van der Waals surface area (Å²) in [6.07, 6.45) is 0. The molecule has 0 aromatic carbocycles. The number of nitrogens with zero attached hydrogens (tertiary/aromatic N) is 2. The summed E-state index contributed by atoms with van der Waals surface area (Å²) >= 11 is 0. The largest absolute Gasteiger partial charge is 0.214 e. The van der Waals surface area contributed by atoms with E-state index in [0.29, 0.717) is 0 Å². The summed E-state index contributed by atoms with van der Waals surface area (Å²) in [5, 5.41) is 0. The lowest BCUT2D eigenvalue weighted by Crippen LogP contribution is -2.59. The van der Waals surface area contributed by atoms with Gasteiger partial charge in [0.25, 0.3) is 0 Å². The van der Waals surface area contributed by atoms with E-state index < -0.39 is 20.0 Å². The first-order valence-corrected chi connectivity index (χ1v) is 9.36. The van der Waals surface area contributed by atoms with Crippen LogP contribution in [0.2, 0.25) is 0 Å². The van der Waals surface area contributed by atoms with Crippen molar-refractivity contribution in [1.82, 2.24) is 8.61 Å². The van der Waals surface area contributed by atoms with Crippen molar-refractivity contribution in [2.75, 3.05) is 24.6 Å². The second-order valence-corrected chi connectivity index (χ2v) is 9.06. The molecule has 0 aliphatic carbocycles. The minimum atomic E-state index is -3.27. The highest BCUT2D eigenvalue weighted by molar-refractivity contribution is 7.89. The van der Waals surface area contributed by atoms with E-state index in [1.807, 2.05) is 0 Å². The van der Waals surface area contributed by atoms with Gasteiger partial charge in [-0.25, -0.2) is 16.8 Å². The van der Waals surface area contributed by atoms with E-state index in [1.54, 1.807) is 27.7 Å². The van der Waals surface area contributed by atoms with Gasteiger partial charge < -0.3 is 0 Å². The van der Waals surface area contributed by atoms with E-state index in [4.69, 9.17) is 0 Å². The summed E-state index contributed by atoms with van der Waals surface area (Å²) in [4.78, 5) is 0. The van der Waals surface area contributed by atoms with Gasteiger partial charge in [-0.15, -0.1) is 0 Å². The zero-order chi connectivity index (χ0) is 14.1. The number of sulfonamides is 2. The number of piperazine rings is 1. The van der Waals surface area contributed by atoms with Crippen LogP contribution in [0.4, 0.5) is 0 Å². The molecule has 108 valence electrons. The van der Waals surface area contributed by atoms with Crippen LogP contribution in [0.5, 0.6) is 0 Å². The Bertz CT molecular complexity index is 440. The third-order valence-electron chi connectivity index (χ3n) is 3.32. The molecule has 0 spiro atoms. The van der Waals surface area contributed by atoms with Gasteiger partial charge in [-0.05, 0) is 27.7 Å². The van der Waals surface area contributed by atoms with E-state index in [2.05, 4.69) is 0 Å². The molecule has 1 saturated heterocycles. The first-order chi connectivity index (χ1) is 8.15. The van der Waals surface area contributed by atoms with Crippen LogP contribution in [0.25, 0.3) is 0 Å². The summed E-state index contributed by atoms with van der Waals surface area (Å²) < 4.78 is 50.4. The zero-order valence-electron chi connectivity index (χ0n) is 11.3. The van der Waals surface area contributed by atoms with Crippen LogP contribution in [-0.4, -0.2) is 62.1 Å². The van der Waals surface area contributed by atoms with Crippen molar-refractivity contribution >= 4 is 20.0 Å². The van der Waals surface area contributed by atoms with Gasteiger partial charge in [0.2, 0.25) is 20.0 Å². The molecule has 0 amide bonds. The third kappa shape index (κ3) is 3.04. The zero-order valence-corrected chi connectivity index (χ0v) is 13.0. The van der Waals surface area contributed by atoms with Gasteiger partial charge in [-0.2, -0.15) is 8.61 Å². The van der Waals surface area contributed by atoms with Crippen molar-refractivity contribution < 1.29 is 16.8 Å². The predicted molar refractivity (Wildman–Crippen MR) is 71.3 cm³/mol. The fourth-order valence-electron chi connectivity index (χ4n) is 2.17. The fourth-order valence-corrected chi connectivity index (χ4v) is 4.95. The smallest absolute Gasteiger partial charge is 0.212 e. The van der Waals surface area contributed by atoms with Gasteiger partial charge in [-0.3, -0.25) is 0 Å². The lowest BCUT2D eigenvalue weighted by molar-refractivity contribution is 0.164. The maximum atomic E-state index is 11.9. The molecule has 0 bridgehead atoms. The van der Waals surface area contributed by atoms with Crippen LogP contribution in [0.15, 0.2) is 0 Å². The topological polar surface area (TPSA) is 74.8 Å². The van der Waals surface area contributed by atoms with Crippen molar-refractivity contribution in [2.45, 2.75) is 39.8 Å². The minimum absolute atomic E-state index is 0.0462. The highest BCUT2D eigenvalue weighted by atomic mass is 32.2. The molecule has 0 aromatic rings. The van der Waals surface area contributed by atoms with Gasteiger partial charge in [0, 0.05) is 25.2 Å². The van der Waals surface area contributed by atoms with Gasteiger partial charge in [-0.1, -0.05) is 0 Å². The van der Waals surface area contributed by atoms with Crippen LogP contribution in [0.3, 0.4) is 0 Å². The van der Waals surface area contributed by atoms with Gasteiger partial charge in [0.15, 0.2) is 0 Å². The van der Waals surface area contributed by atoms with Crippen LogP contribution >= 0.6 is 0 Å². The standard InChI is InChI=1S/C10H22N2O4S2/c1-5-17(13,14)11-7-10(4)12(8-9(11)3)18(15,16)6-2/h9-10H,5-8H2,1-4H3. The molecule has 1 rings (SSSR count). The Labute approximate surface area is 110 Å². The second kappa shape index (κ2) is 5.44. The molecule has 1 fully saturated rings. The van der Waals surface area contributed by atoms with E-state index in [9.17, 15) is 16.8 Å². The summed E-state index contributed by atoms with van der Waals surface area (Å²) in [7, 11) is -6.53. The Hall–Kier alpha value is -0.180. The fraction of sp³-hybridized carbons (Fsp3) is 1.00. The molecule has 6 nitrogen and oxygen atoms in total.